The molecule has 4 heterocycles. The Hall–Kier alpha value is -1.84. The molecule has 2 saturated heterocycles. The molecule has 9 nitrogen and oxygen atoms in total. The van der Waals surface area contributed by atoms with Crippen LogP contribution in [0.1, 0.15) is 41.8 Å². The van der Waals surface area contributed by atoms with Gasteiger partial charge in [-0.3, -0.25) is 0 Å². The van der Waals surface area contributed by atoms with Gasteiger partial charge >= 0.3 is 0 Å². The first-order chi connectivity index (χ1) is 12.3. The Morgan fingerprint density at radius 3 is 2.68 bits per heavy atom. The largest absolute Gasteiger partial charge is 0.381 e. The standard InChI is InChI=1S/C16H23N5O4/c1-11-14(20-25-19-11)8-15-17-16(12-2-4-22-5-3-12)18-21(15)9-13-10-23-6-7-24-13/h12-13H,2-10H2,1H3/t13-/m1/s1. The van der Waals surface area contributed by atoms with Crippen LogP contribution < -0.4 is 0 Å². The van der Waals surface area contributed by atoms with Gasteiger partial charge in [0.1, 0.15) is 23.3 Å². The van der Waals surface area contributed by atoms with Crippen LogP contribution in [0.15, 0.2) is 4.63 Å². The molecule has 1 atom stereocenters. The van der Waals surface area contributed by atoms with Gasteiger partial charge in [-0.25, -0.2) is 14.3 Å². The summed E-state index contributed by atoms with van der Waals surface area (Å²) in [7, 11) is 0. The van der Waals surface area contributed by atoms with Crippen molar-refractivity contribution in [2.45, 2.75) is 44.8 Å². The summed E-state index contributed by atoms with van der Waals surface area (Å²) >= 11 is 0. The third kappa shape index (κ3) is 3.88. The second kappa shape index (κ2) is 7.59. The van der Waals surface area contributed by atoms with Crippen LogP contribution in [0.5, 0.6) is 0 Å². The molecule has 0 saturated carbocycles. The number of hydrogen-bond acceptors (Lipinski definition) is 8. The van der Waals surface area contributed by atoms with E-state index in [9.17, 15) is 0 Å². The van der Waals surface area contributed by atoms with Crippen molar-refractivity contribution >= 4 is 0 Å². The minimum atomic E-state index is -0.00623. The van der Waals surface area contributed by atoms with E-state index in [1.165, 1.54) is 0 Å². The number of hydrogen-bond donors (Lipinski definition) is 0. The minimum Gasteiger partial charge on any atom is -0.381 e. The summed E-state index contributed by atoms with van der Waals surface area (Å²) in [6, 6.07) is 0. The summed E-state index contributed by atoms with van der Waals surface area (Å²) in [6.45, 7) is 5.88. The molecule has 2 aromatic heterocycles. The van der Waals surface area contributed by atoms with Gasteiger partial charge in [0, 0.05) is 19.1 Å². The van der Waals surface area contributed by atoms with Gasteiger partial charge in [0.15, 0.2) is 5.82 Å². The molecule has 25 heavy (non-hydrogen) atoms. The fourth-order valence-corrected chi connectivity index (χ4v) is 3.19. The van der Waals surface area contributed by atoms with Crippen LogP contribution in [0.25, 0.3) is 0 Å². The lowest BCUT2D eigenvalue weighted by atomic mass is 10.00. The lowest BCUT2D eigenvalue weighted by Crippen LogP contribution is -2.33. The van der Waals surface area contributed by atoms with Gasteiger partial charge in [-0.1, -0.05) is 10.3 Å². The van der Waals surface area contributed by atoms with E-state index >= 15 is 0 Å². The van der Waals surface area contributed by atoms with Gasteiger partial charge in [0.05, 0.1) is 32.8 Å². The lowest BCUT2D eigenvalue weighted by molar-refractivity contribution is -0.0949. The number of aryl methyl sites for hydroxylation is 1. The molecule has 0 amide bonds. The zero-order valence-corrected chi connectivity index (χ0v) is 14.4. The molecule has 0 unspecified atom stereocenters. The Morgan fingerprint density at radius 1 is 1.08 bits per heavy atom. The zero-order chi connectivity index (χ0) is 17.1. The summed E-state index contributed by atoms with van der Waals surface area (Å²) in [5.41, 5.74) is 1.56. The predicted molar refractivity (Wildman–Crippen MR) is 85.2 cm³/mol. The first-order valence-corrected chi connectivity index (χ1v) is 8.78. The molecule has 2 fully saturated rings. The second-order valence-electron chi connectivity index (χ2n) is 6.50. The van der Waals surface area contributed by atoms with E-state index in [1.807, 2.05) is 11.6 Å². The molecule has 136 valence electrons. The van der Waals surface area contributed by atoms with Crippen molar-refractivity contribution in [3.63, 3.8) is 0 Å². The van der Waals surface area contributed by atoms with Crippen molar-refractivity contribution in [1.82, 2.24) is 25.1 Å². The average molecular weight is 349 g/mol. The molecule has 0 radical (unpaired) electrons. The fraction of sp³-hybridized carbons (Fsp3) is 0.750. The van der Waals surface area contributed by atoms with E-state index in [4.69, 9.17) is 28.9 Å². The van der Waals surface area contributed by atoms with Crippen LogP contribution in [0.3, 0.4) is 0 Å². The van der Waals surface area contributed by atoms with Crippen LogP contribution in [-0.4, -0.2) is 64.2 Å². The third-order valence-electron chi connectivity index (χ3n) is 4.68. The van der Waals surface area contributed by atoms with E-state index in [0.29, 0.717) is 38.7 Å². The first-order valence-electron chi connectivity index (χ1n) is 8.78. The number of ether oxygens (including phenoxy) is 3. The van der Waals surface area contributed by atoms with Gasteiger partial charge < -0.3 is 14.2 Å². The van der Waals surface area contributed by atoms with Gasteiger partial charge in [0.2, 0.25) is 0 Å². The monoisotopic (exact) mass is 349 g/mol. The SMILES string of the molecule is Cc1nonc1Cc1nc(C2CCOCC2)nn1C[C@@H]1COCCO1. The highest BCUT2D eigenvalue weighted by molar-refractivity contribution is 5.13. The van der Waals surface area contributed by atoms with Crippen LogP contribution >= 0.6 is 0 Å². The molecule has 2 aliphatic heterocycles. The summed E-state index contributed by atoms with van der Waals surface area (Å²) in [6.07, 6.45) is 2.45. The van der Waals surface area contributed by atoms with Crippen molar-refractivity contribution in [2.75, 3.05) is 33.0 Å². The average Bonchev–Trinajstić information content (AvgIpc) is 3.24. The van der Waals surface area contributed by atoms with Crippen LogP contribution in [-0.2, 0) is 27.2 Å². The molecule has 0 spiro atoms. The van der Waals surface area contributed by atoms with Gasteiger partial charge in [-0.2, -0.15) is 5.10 Å². The van der Waals surface area contributed by atoms with E-state index < -0.39 is 0 Å². The van der Waals surface area contributed by atoms with Crippen molar-refractivity contribution < 1.29 is 18.8 Å². The lowest BCUT2D eigenvalue weighted by Gasteiger charge is -2.23. The highest BCUT2D eigenvalue weighted by atomic mass is 16.6. The predicted octanol–water partition coefficient (Wildman–Crippen LogP) is 0.870. The molecule has 9 heteroatoms. The van der Waals surface area contributed by atoms with Gasteiger partial charge in [-0.15, -0.1) is 0 Å². The maximum atomic E-state index is 5.77. The normalized spacial score (nSPS) is 22.4. The molecule has 0 aromatic carbocycles. The molecular formula is C16H23N5O4. The Kier molecular flexibility index (Phi) is 5.04. The Morgan fingerprint density at radius 2 is 1.96 bits per heavy atom. The molecule has 2 aliphatic rings. The van der Waals surface area contributed by atoms with E-state index in [1.54, 1.807) is 0 Å². The summed E-state index contributed by atoms with van der Waals surface area (Å²) in [4.78, 5) is 4.81. The molecule has 0 aliphatic carbocycles. The van der Waals surface area contributed by atoms with Crippen LogP contribution in [0.4, 0.5) is 0 Å². The Labute approximate surface area is 145 Å². The summed E-state index contributed by atoms with van der Waals surface area (Å²) < 4.78 is 23.5. The summed E-state index contributed by atoms with van der Waals surface area (Å²) in [5.74, 6) is 2.08. The van der Waals surface area contributed by atoms with Gasteiger partial charge in [-0.05, 0) is 19.8 Å². The maximum absolute atomic E-state index is 5.77. The van der Waals surface area contributed by atoms with Crippen LogP contribution in [0, 0.1) is 6.92 Å². The van der Waals surface area contributed by atoms with Crippen LogP contribution in [0.2, 0.25) is 0 Å². The van der Waals surface area contributed by atoms with E-state index in [-0.39, 0.29) is 6.10 Å². The van der Waals surface area contributed by atoms with E-state index in [2.05, 4.69) is 10.3 Å². The summed E-state index contributed by atoms with van der Waals surface area (Å²) in [5, 5.41) is 12.6. The van der Waals surface area contributed by atoms with Crippen molar-refractivity contribution in [1.29, 1.82) is 0 Å². The highest BCUT2D eigenvalue weighted by Crippen LogP contribution is 2.25. The van der Waals surface area contributed by atoms with Crippen molar-refractivity contribution in [3.8, 4) is 0 Å². The second-order valence-corrected chi connectivity index (χ2v) is 6.50. The third-order valence-corrected chi connectivity index (χ3v) is 4.68. The number of nitrogens with zero attached hydrogens (tertiary/aromatic N) is 5. The highest BCUT2D eigenvalue weighted by Gasteiger charge is 2.25. The Balaban J connectivity index is 1.57. The molecule has 4 rings (SSSR count). The van der Waals surface area contributed by atoms with E-state index in [0.717, 1.165) is 49.1 Å². The maximum Gasteiger partial charge on any atom is 0.154 e. The first kappa shape index (κ1) is 16.6. The molecular weight excluding hydrogens is 326 g/mol. The van der Waals surface area contributed by atoms with Crippen molar-refractivity contribution in [2.24, 2.45) is 0 Å². The topological polar surface area (TPSA) is 97.3 Å². The van der Waals surface area contributed by atoms with Crippen molar-refractivity contribution in [3.05, 3.63) is 23.0 Å². The zero-order valence-electron chi connectivity index (χ0n) is 14.4. The number of rotatable bonds is 5. The fourth-order valence-electron chi connectivity index (χ4n) is 3.19. The quantitative estimate of drug-likeness (QED) is 0.784. The smallest absolute Gasteiger partial charge is 0.154 e. The molecule has 0 bridgehead atoms. The molecule has 2 aromatic rings. The minimum absolute atomic E-state index is 0.00623. The molecule has 0 N–H and O–H groups in total. The Bertz CT molecular complexity index is 689. The number of aromatic nitrogens is 5. The van der Waals surface area contributed by atoms with Gasteiger partial charge in [0.25, 0.3) is 0 Å².